The third-order valence-electron chi connectivity index (χ3n) is 5.45. The lowest BCUT2D eigenvalue weighted by Crippen LogP contribution is -2.28. The van der Waals surface area contributed by atoms with Gasteiger partial charge < -0.3 is 10.4 Å². The molecule has 1 aromatic carbocycles. The summed E-state index contributed by atoms with van der Waals surface area (Å²) in [5.41, 5.74) is 2.02. The van der Waals surface area contributed by atoms with Crippen LogP contribution in [0.5, 0.6) is 0 Å². The first-order valence-corrected chi connectivity index (χ1v) is 9.48. The fourth-order valence-electron chi connectivity index (χ4n) is 3.13. The maximum Gasteiger partial charge on any atom is 0.313 e. The van der Waals surface area contributed by atoms with Gasteiger partial charge in [-0.15, -0.1) is 0 Å². The molecule has 27 heavy (non-hydrogen) atoms. The number of amides is 1. The van der Waals surface area contributed by atoms with Gasteiger partial charge in [0.25, 0.3) is 5.91 Å². The molecule has 144 valence electrons. The molecule has 1 atom stereocenters. The normalized spacial score (nSPS) is 15.4. The van der Waals surface area contributed by atoms with Crippen LogP contribution < -0.4 is 5.32 Å². The molecule has 0 radical (unpaired) electrons. The highest BCUT2D eigenvalue weighted by Crippen LogP contribution is 2.42. The first-order valence-electron chi connectivity index (χ1n) is 9.48. The standard InChI is InChI=1S/C21H27N3O3/c1-5-13(2)24-18(14-6-7-14)17(12-22-24)19(25)23-16-10-8-15(9-11-16)21(3,4)20(26)27/h8-14H,5-7H2,1-4H3,(H,23,25)(H,26,27). The van der Waals surface area contributed by atoms with Crippen molar-refractivity contribution in [3.63, 3.8) is 0 Å². The summed E-state index contributed by atoms with van der Waals surface area (Å²) in [6.45, 7) is 7.55. The van der Waals surface area contributed by atoms with Crippen molar-refractivity contribution in [3.05, 3.63) is 47.3 Å². The van der Waals surface area contributed by atoms with E-state index in [1.165, 1.54) is 0 Å². The summed E-state index contributed by atoms with van der Waals surface area (Å²) in [6, 6.07) is 7.24. The minimum atomic E-state index is -0.973. The van der Waals surface area contributed by atoms with Crippen LogP contribution in [0.15, 0.2) is 30.5 Å². The van der Waals surface area contributed by atoms with Crippen molar-refractivity contribution in [1.82, 2.24) is 9.78 Å². The lowest BCUT2D eigenvalue weighted by Gasteiger charge is -2.20. The average Bonchev–Trinajstić information content (AvgIpc) is 3.39. The summed E-state index contributed by atoms with van der Waals surface area (Å²) >= 11 is 0. The molecule has 2 aromatic rings. The Labute approximate surface area is 159 Å². The molecular weight excluding hydrogens is 342 g/mol. The highest BCUT2D eigenvalue weighted by Gasteiger charge is 2.33. The molecule has 0 bridgehead atoms. The fraction of sp³-hybridized carbons (Fsp3) is 0.476. The second-order valence-electron chi connectivity index (χ2n) is 7.88. The van der Waals surface area contributed by atoms with Gasteiger partial charge in [-0.1, -0.05) is 19.1 Å². The number of hydrogen-bond acceptors (Lipinski definition) is 3. The Morgan fingerprint density at radius 1 is 1.30 bits per heavy atom. The fourth-order valence-corrected chi connectivity index (χ4v) is 3.13. The van der Waals surface area contributed by atoms with Crippen LogP contribution >= 0.6 is 0 Å². The number of aliphatic carboxylic acids is 1. The summed E-state index contributed by atoms with van der Waals surface area (Å²) in [7, 11) is 0. The molecule has 1 unspecified atom stereocenters. The van der Waals surface area contributed by atoms with E-state index in [4.69, 9.17) is 0 Å². The lowest BCUT2D eigenvalue weighted by atomic mass is 9.85. The summed E-state index contributed by atoms with van der Waals surface area (Å²) in [6.07, 6.45) is 4.82. The van der Waals surface area contributed by atoms with Gasteiger partial charge in [0.1, 0.15) is 0 Å². The van der Waals surface area contributed by atoms with Crippen molar-refractivity contribution in [2.45, 2.75) is 64.3 Å². The highest BCUT2D eigenvalue weighted by atomic mass is 16.4. The van der Waals surface area contributed by atoms with Crippen molar-refractivity contribution in [2.75, 3.05) is 5.32 Å². The first-order chi connectivity index (χ1) is 12.8. The zero-order chi connectivity index (χ0) is 19.8. The van der Waals surface area contributed by atoms with Gasteiger partial charge in [0, 0.05) is 17.6 Å². The van der Waals surface area contributed by atoms with Crippen LogP contribution in [-0.4, -0.2) is 26.8 Å². The van der Waals surface area contributed by atoms with Crippen LogP contribution in [0.1, 0.15) is 80.5 Å². The van der Waals surface area contributed by atoms with E-state index in [-0.39, 0.29) is 11.9 Å². The first kappa shape index (κ1) is 19.1. The summed E-state index contributed by atoms with van der Waals surface area (Å²) in [5, 5.41) is 16.7. The Morgan fingerprint density at radius 2 is 1.93 bits per heavy atom. The van der Waals surface area contributed by atoms with Gasteiger partial charge in [0.15, 0.2) is 0 Å². The predicted molar refractivity (Wildman–Crippen MR) is 104 cm³/mol. The number of carboxylic acid groups (broad SMARTS) is 1. The van der Waals surface area contributed by atoms with Crippen LogP contribution in [0.25, 0.3) is 0 Å². The summed E-state index contributed by atoms with van der Waals surface area (Å²) < 4.78 is 1.99. The Bertz CT molecular complexity index is 848. The molecule has 0 spiro atoms. The van der Waals surface area contributed by atoms with E-state index in [0.29, 0.717) is 22.7 Å². The van der Waals surface area contributed by atoms with Gasteiger partial charge in [-0.05, 0) is 57.7 Å². The quantitative estimate of drug-likeness (QED) is 0.760. The largest absolute Gasteiger partial charge is 0.481 e. The second-order valence-corrected chi connectivity index (χ2v) is 7.88. The summed E-state index contributed by atoms with van der Waals surface area (Å²) in [4.78, 5) is 24.2. The van der Waals surface area contributed by atoms with Gasteiger partial charge in [-0.2, -0.15) is 5.10 Å². The number of nitrogens with one attached hydrogen (secondary N) is 1. The van der Waals surface area contributed by atoms with Gasteiger partial charge in [0.2, 0.25) is 0 Å². The van der Waals surface area contributed by atoms with Crippen LogP contribution in [0.3, 0.4) is 0 Å². The second kappa shape index (κ2) is 7.18. The molecule has 1 aliphatic carbocycles. The van der Waals surface area contributed by atoms with Crippen molar-refractivity contribution in [3.8, 4) is 0 Å². The van der Waals surface area contributed by atoms with E-state index in [1.54, 1.807) is 44.3 Å². The monoisotopic (exact) mass is 369 g/mol. The number of carboxylic acids is 1. The van der Waals surface area contributed by atoms with Crippen molar-refractivity contribution >= 4 is 17.6 Å². The molecule has 3 rings (SSSR count). The third kappa shape index (κ3) is 3.75. The molecular formula is C21H27N3O3. The van der Waals surface area contributed by atoms with Crippen LogP contribution in [-0.2, 0) is 10.2 Å². The molecule has 1 aliphatic rings. The number of anilines is 1. The zero-order valence-electron chi connectivity index (χ0n) is 16.3. The smallest absolute Gasteiger partial charge is 0.313 e. The van der Waals surface area contributed by atoms with Gasteiger partial charge in [0.05, 0.1) is 22.9 Å². The van der Waals surface area contributed by atoms with E-state index < -0.39 is 11.4 Å². The number of carbonyl (C=O) groups excluding carboxylic acids is 1. The Kier molecular flexibility index (Phi) is 5.09. The molecule has 1 aromatic heterocycles. The van der Waals surface area contributed by atoms with E-state index in [1.807, 2.05) is 4.68 Å². The predicted octanol–water partition coefficient (Wildman–Crippen LogP) is 4.35. The number of nitrogens with zero attached hydrogens (tertiary/aromatic N) is 2. The number of aromatic nitrogens is 2. The minimum Gasteiger partial charge on any atom is -0.481 e. The number of carbonyl (C=O) groups is 2. The average molecular weight is 369 g/mol. The topological polar surface area (TPSA) is 84.2 Å². The molecule has 6 nitrogen and oxygen atoms in total. The summed E-state index contributed by atoms with van der Waals surface area (Å²) in [5.74, 6) is -0.636. The van der Waals surface area contributed by atoms with E-state index in [9.17, 15) is 14.7 Å². The van der Waals surface area contributed by atoms with Gasteiger partial charge in [-0.25, -0.2) is 0 Å². The molecule has 1 amide bonds. The zero-order valence-corrected chi connectivity index (χ0v) is 16.3. The van der Waals surface area contributed by atoms with E-state index >= 15 is 0 Å². The Morgan fingerprint density at radius 3 is 2.44 bits per heavy atom. The molecule has 2 N–H and O–H groups in total. The van der Waals surface area contributed by atoms with Gasteiger partial charge in [-0.3, -0.25) is 14.3 Å². The molecule has 1 heterocycles. The van der Waals surface area contributed by atoms with E-state index in [2.05, 4.69) is 24.3 Å². The molecule has 6 heteroatoms. The van der Waals surface area contributed by atoms with Crippen LogP contribution in [0.4, 0.5) is 5.69 Å². The minimum absolute atomic E-state index is 0.170. The van der Waals surface area contributed by atoms with Crippen molar-refractivity contribution in [2.24, 2.45) is 0 Å². The lowest BCUT2D eigenvalue weighted by molar-refractivity contribution is -0.142. The van der Waals surface area contributed by atoms with Gasteiger partial charge >= 0.3 is 5.97 Å². The van der Waals surface area contributed by atoms with Crippen LogP contribution in [0.2, 0.25) is 0 Å². The molecule has 1 saturated carbocycles. The van der Waals surface area contributed by atoms with Crippen molar-refractivity contribution in [1.29, 1.82) is 0 Å². The number of hydrogen-bond donors (Lipinski definition) is 2. The molecule has 1 fully saturated rings. The van der Waals surface area contributed by atoms with Crippen molar-refractivity contribution < 1.29 is 14.7 Å². The van der Waals surface area contributed by atoms with Crippen LogP contribution in [0, 0.1) is 0 Å². The Hall–Kier alpha value is -2.63. The SMILES string of the molecule is CCC(C)n1ncc(C(=O)Nc2ccc(C(C)(C)C(=O)O)cc2)c1C1CC1. The maximum atomic E-state index is 12.8. The maximum absolute atomic E-state index is 12.8. The molecule has 0 aliphatic heterocycles. The third-order valence-corrected chi connectivity index (χ3v) is 5.45. The van der Waals surface area contributed by atoms with E-state index in [0.717, 1.165) is 25.0 Å². The highest BCUT2D eigenvalue weighted by molar-refractivity contribution is 6.05. The number of benzene rings is 1. The molecule has 0 saturated heterocycles. The number of rotatable bonds is 7. The Balaban J connectivity index is 1.80.